The molecule has 1 saturated carbocycles. The van der Waals surface area contributed by atoms with E-state index in [4.69, 9.17) is 10.5 Å². The highest BCUT2D eigenvalue weighted by molar-refractivity contribution is 5.91. The van der Waals surface area contributed by atoms with Crippen molar-refractivity contribution in [3.05, 3.63) is 121 Å². The van der Waals surface area contributed by atoms with Crippen molar-refractivity contribution in [3.8, 4) is 33.6 Å². The number of nitrogens with two attached hydrogens (primary N) is 1. The molecule has 1 aliphatic carbocycles. The van der Waals surface area contributed by atoms with Gasteiger partial charge in [0.25, 0.3) is 0 Å². The summed E-state index contributed by atoms with van der Waals surface area (Å²) in [4.78, 5) is 71.0. The SMILES string of the molecule is CC[C@@H]1CCN(C(=O)CNC(=O)OC)[C@]1(N)c1ncc(-c2ccc(-c3ccc4cc(-c5cnc(CN(CC6(C)CC6)C(=O)C(NC(=O)OC)c6ccccc6)[nH]5)ccc4c3)cc2)[nH]1. The van der Waals surface area contributed by atoms with E-state index in [2.05, 4.69) is 90.8 Å². The molecule has 63 heavy (non-hydrogen) atoms. The molecule has 1 saturated heterocycles. The van der Waals surface area contributed by atoms with Crippen LogP contribution >= 0.6 is 0 Å². The van der Waals surface area contributed by atoms with E-state index in [0.717, 1.165) is 70.1 Å². The first-order valence-corrected chi connectivity index (χ1v) is 21.2. The fourth-order valence-corrected chi connectivity index (χ4v) is 8.61. The fraction of sp³-hybridized carbons (Fsp3) is 0.333. The number of hydrogen-bond acceptors (Lipinski definition) is 9. The standard InChI is InChI=1S/C48H53N9O6/c1-5-37-19-22-57(41(58)27-52-45(60)62-3)48(37,49)44-51-26-38(54-44)31-13-11-30(12-14-31)33-15-16-35-24-36(18-17-34(35)23-33)39-25-50-40(53-39)28-56(29-47(2)20-21-47)43(59)42(55-46(61)63-4)32-9-7-6-8-10-32/h6-18,23-26,37,42H,5,19-22,27-29,49H2,1-4H3,(H,50,53)(H,51,54)(H,52,60)(H,55,61)/t37-,42?,48+/m1/s1. The van der Waals surface area contributed by atoms with Gasteiger partial charge in [0.05, 0.1) is 44.5 Å². The Hall–Kier alpha value is -7.00. The second-order valence-corrected chi connectivity index (χ2v) is 16.8. The third-order valence-electron chi connectivity index (χ3n) is 12.6. The summed E-state index contributed by atoms with van der Waals surface area (Å²) in [5, 5.41) is 7.34. The number of H-pyrrole nitrogens is 2. The van der Waals surface area contributed by atoms with Gasteiger partial charge in [0, 0.05) is 24.6 Å². The molecule has 1 unspecified atom stereocenters. The van der Waals surface area contributed by atoms with Gasteiger partial charge in [0.2, 0.25) is 11.8 Å². The quantitative estimate of drug-likeness (QED) is 0.0749. The summed E-state index contributed by atoms with van der Waals surface area (Å²) in [5.41, 5.74) is 12.2. The average molecular weight is 852 g/mol. The number of alkyl carbamates (subject to hydrolysis) is 2. The van der Waals surface area contributed by atoms with E-state index in [1.165, 1.54) is 14.2 Å². The zero-order valence-electron chi connectivity index (χ0n) is 35.9. The first-order valence-electron chi connectivity index (χ1n) is 21.2. The number of methoxy groups -OCH3 is 2. The summed E-state index contributed by atoms with van der Waals surface area (Å²) >= 11 is 0. The number of hydrogen-bond donors (Lipinski definition) is 5. The van der Waals surface area contributed by atoms with Gasteiger partial charge in [-0.1, -0.05) is 92.7 Å². The molecule has 1 aliphatic heterocycles. The van der Waals surface area contributed by atoms with Crippen molar-refractivity contribution in [1.82, 2.24) is 40.4 Å². The van der Waals surface area contributed by atoms with Gasteiger partial charge in [-0.05, 0) is 76.3 Å². The predicted octanol–water partition coefficient (Wildman–Crippen LogP) is 7.24. The predicted molar refractivity (Wildman–Crippen MR) is 238 cm³/mol. The zero-order chi connectivity index (χ0) is 44.3. The maximum absolute atomic E-state index is 14.2. The Balaban J connectivity index is 0.963. The van der Waals surface area contributed by atoms with Crippen LogP contribution in [0.1, 0.15) is 62.8 Å². The van der Waals surface area contributed by atoms with E-state index in [1.807, 2.05) is 49.4 Å². The molecular formula is C48H53N9O6. The lowest BCUT2D eigenvalue weighted by Crippen LogP contribution is -2.57. The van der Waals surface area contributed by atoms with Crippen LogP contribution in [-0.2, 0) is 31.3 Å². The Labute approximate surface area is 365 Å². The number of amides is 4. The Bertz CT molecular complexity index is 2620. The van der Waals surface area contributed by atoms with Gasteiger partial charge in [-0.2, -0.15) is 0 Å². The van der Waals surface area contributed by atoms with E-state index in [1.54, 1.807) is 22.2 Å². The molecule has 15 heteroatoms. The molecule has 4 amide bonds. The maximum atomic E-state index is 14.2. The monoisotopic (exact) mass is 851 g/mol. The molecule has 0 bridgehead atoms. The lowest BCUT2D eigenvalue weighted by molar-refractivity contribution is -0.136. The van der Waals surface area contributed by atoms with Gasteiger partial charge in [-0.15, -0.1) is 0 Å². The average Bonchev–Trinajstić information content (AvgIpc) is 3.66. The number of nitrogens with one attached hydrogen (secondary N) is 4. The molecule has 3 heterocycles. The van der Waals surface area contributed by atoms with E-state index in [0.29, 0.717) is 30.3 Å². The Morgan fingerprint density at radius 3 is 2.16 bits per heavy atom. The minimum atomic E-state index is -1.15. The van der Waals surface area contributed by atoms with E-state index < -0.39 is 23.9 Å². The van der Waals surface area contributed by atoms with Gasteiger partial charge in [-0.25, -0.2) is 19.6 Å². The number of fused-ring (bicyclic) bond motifs is 1. The molecule has 2 aromatic heterocycles. The van der Waals surface area contributed by atoms with Crippen molar-refractivity contribution in [2.24, 2.45) is 17.1 Å². The van der Waals surface area contributed by atoms with Crippen molar-refractivity contribution in [2.45, 2.75) is 57.8 Å². The van der Waals surface area contributed by atoms with Crippen molar-refractivity contribution in [2.75, 3.05) is 33.9 Å². The van der Waals surface area contributed by atoms with Crippen LogP contribution in [0.3, 0.4) is 0 Å². The highest BCUT2D eigenvalue weighted by Gasteiger charge is 2.50. The van der Waals surface area contributed by atoms with E-state index >= 15 is 0 Å². The molecule has 8 rings (SSSR count). The number of likely N-dealkylation sites (tertiary alicyclic amines) is 1. The number of carbonyl (C=O) groups is 4. The van der Waals surface area contributed by atoms with Crippen LogP contribution in [0, 0.1) is 11.3 Å². The number of rotatable bonds is 14. The molecule has 0 radical (unpaired) electrons. The fourth-order valence-electron chi connectivity index (χ4n) is 8.61. The Kier molecular flexibility index (Phi) is 12.0. The first kappa shape index (κ1) is 42.7. The minimum absolute atomic E-state index is 0.0171. The normalized spacial score (nSPS) is 18.1. The van der Waals surface area contributed by atoms with Crippen LogP contribution in [0.15, 0.2) is 103 Å². The van der Waals surface area contributed by atoms with Gasteiger partial charge >= 0.3 is 12.2 Å². The summed E-state index contributed by atoms with van der Waals surface area (Å²) < 4.78 is 9.50. The molecule has 6 aromatic rings. The molecule has 3 atom stereocenters. The van der Waals surface area contributed by atoms with Crippen molar-refractivity contribution < 1.29 is 28.7 Å². The number of benzene rings is 4. The molecule has 0 spiro atoms. The van der Waals surface area contributed by atoms with Crippen LogP contribution in [0.2, 0.25) is 0 Å². The number of aromatic amines is 2. The van der Waals surface area contributed by atoms with Crippen LogP contribution in [0.4, 0.5) is 9.59 Å². The Morgan fingerprint density at radius 2 is 1.48 bits per heavy atom. The van der Waals surface area contributed by atoms with Crippen LogP contribution in [0.25, 0.3) is 44.4 Å². The number of imidazole rings is 2. The Morgan fingerprint density at radius 1 is 0.841 bits per heavy atom. The lowest BCUT2D eigenvalue weighted by Gasteiger charge is -2.37. The number of carbonyl (C=O) groups excluding carboxylic acids is 4. The van der Waals surface area contributed by atoms with Crippen LogP contribution < -0.4 is 16.4 Å². The number of aromatic nitrogens is 4. The van der Waals surface area contributed by atoms with Gasteiger partial charge < -0.3 is 45.6 Å². The summed E-state index contributed by atoms with van der Waals surface area (Å²) in [7, 11) is 2.53. The van der Waals surface area contributed by atoms with Gasteiger partial charge in [-0.3, -0.25) is 9.59 Å². The molecular weight excluding hydrogens is 799 g/mol. The minimum Gasteiger partial charge on any atom is -0.453 e. The highest BCUT2D eigenvalue weighted by Crippen LogP contribution is 2.46. The molecule has 2 aliphatic rings. The largest absolute Gasteiger partial charge is 0.453 e. The molecule has 15 nitrogen and oxygen atoms in total. The second-order valence-electron chi connectivity index (χ2n) is 16.8. The zero-order valence-corrected chi connectivity index (χ0v) is 35.9. The smallest absolute Gasteiger partial charge is 0.407 e. The van der Waals surface area contributed by atoms with Gasteiger partial charge in [0.15, 0.2) is 5.66 Å². The maximum Gasteiger partial charge on any atom is 0.407 e. The van der Waals surface area contributed by atoms with Crippen LogP contribution in [0.5, 0.6) is 0 Å². The summed E-state index contributed by atoms with van der Waals surface area (Å²) in [6, 6.07) is 29.1. The second kappa shape index (κ2) is 17.8. The van der Waals surface area contributed by atoms with Crippen molar-refractivity contribution >= 4 is 34.8 Å². The third-order valence-corrected chi connectivity index (χ3v) is 12.6. The lowest BCUT2D eigenvalue weighted by atomic mass is 9.90. The molecule has 326 valence electrons. The summed E-state index contributed by atoms with van der Waals surface area (Å²) in [5.74, 6) is 0.589. The third kappa shape index (κ3) is 9.00. The highest BCUT2D eigenvalue weighted by atomic mass is 16.5. The number of nitrogens with zero attached hydrogens (tertiary/aromatic N) is 4. The van der Waals surface area contributed by atoms with Crippen molar-refractivity contribution in [3.63, 3.8) is 0 Å². The molecule has 6 N–H and O–H groups in total. The van der Waals surface area contributed by atoms with Gasteiger partial charge in [0.1, 0.15) is 24.2 Å². The topological polar surface area (TPSA) is 201 Å². The van der Waals surface area contributed by atoms with Crippen molar-refractivity contribution in [1.29, 1.82) is 0 Å². The van der Waals surface area contributed by atoms with E-state index in [-0.39, 0.29) is 36.2 Å². The first-order chi connectivity index (χ1) is 30.4. The molecule has 2 fully saturated rings. The number of ether oxygens (including phenoxy) is 2. The van der Waals surface area contributed by atoms with Crippen LogP contribution in [-0.4, -0.2) is 87.6 Å². The summed E-state index contributed by atoms with van der Waals surface area (Å²) in [6.07, 6.45) is 5.70. The van der Waals surface area contributed by atoms with E-state index in [9.17, 15) is 19.2 Å². The summed E-state index contributed by atoms with van der Waals surface area (Å²) in [6.45, 7) is 5.24. The molecule has 4 aromatic carbocycles.